The van der Waals surface area contributed by atoms with E-state index in [0.29, 0.717) is 0 Å². The first kappa shape index (κ1) is 15.4. The average molecular weight is 332 g/mol. The molecule has 1 N–H and O–H groups in total. The third-order valence-electron chi connectivity index (χ3n) is 3.72. The summed E-state index contributed by atoms with van der Waals surface area (Å²) in [5.74, 6) is 0. The lowest BCUT2D eigenvalue weighted by molar-refractivity contribution is 0.630. The van der Waals surface area contributed by atoms with E-state index >= 15 is 0 Å². The summed E-state index contributed by atoms with van der Waals surface area (Å²) in [5.41, 5.74) is 4.77. The van der Waals surface area contributed by atoms with Gasteiger partial charge in [0.2, 0.25) is 0 Å². The molecular weight excluding hydrogens is 312 g/mol. The van der Waals surface area contributed by atoms with Gasteiger partial charge in [-0.1, -0.05) is 6.07 Å². The molecule has 3 rings (SSSR count). The number of aryl methyl sites for hydroxylation is 2. The first-order valence-corrected chi connectivity index (χ1v) is 9.16. The number of nitrogens with one attached hydrogen (secondary N) is 1. The molecule has 0 aliphatic heterocycles. The molecule has 22 heavy (non-hydrogen) atoms. The minimum Gasteiger partial charge on any atom is -0.307 e. The summed E-state index contributed by atoms with van der Waals surface area (Å²) in [7, 11) is 0. The summed E-state index contributed by atoms with van der Waals surface area (Å²) >= 11 is 3.45. The molecule has 116 valence electrons. The van der Waals surface area contributed by atoms with Gasteiger partial charge in [-0.15, -0.1) is 22.7 Å². The Morgan fingerprint density at radius 1 is 1.23 bits per heavy atom. The third kappa shape index (κ3) is 3.14. The fourth-order valence-electron chi connectivity index (χ4n) is 2.51. The van der Waals surface area contributed by atoms with Crippen LogP contribution in [0.3, 0.4) is 0 Å². The quantitative estimate of drug-likeness (QED) is 0.742. The molecule has 0 saturated heterocycles. The van der Waals surface area contributed by atoms with E-state index in [1.54, 1.807) is 22.7 Å². The van der Waals surface area contributed by atoms with Crippen molar-refractivity contribution < 1.29 is 0 Å². The zero-order chi connectivity index (χ0) is 15.5. The van der Waals surface area contributed by atoms with Crippen LogP contribution in [-0.2, 0) is 19.6 Å². The number of rotatable bonds is 6. The smallest absolute Gasteiger partial charge is 0.133 e. The Kier molecular flexibility index (Phi) is 4.71. The van der Waals surface area contributed by atoms with Crippen LogP contribution in [0, 0.1) is 13.8 Å². The zero-order valence-corrected chi connectivity index (χ0v) is 14.7. The van der Waals surface area contributed by atoms with Crippen LogP contribution in [-0.4, -0.2) is 14.8 Å². The number of hydrogen-bond donors (Lipinski definition) is 1. The van der Waals surface area contributed by atoms with E-state index in [1.807, 2.05) is 0 Å². The van der Waals surface area contributed by atoms with Crippen molar-refractivity contribution in [1.29, 1.82) is 0 Å². The number of thiazole rings is 1. The average Bonchev–Trinajstić information content (AvgIpc) is 3.22. The maximum absolute atomic E-state index is 4.70. The molecule has 0 unspecified atom stereocenters. The van der Waals surface area contributed by atoms with Crippen LogP contribution < -0.4 is 5.32 Å². The van der Waals surface area contributed by atoms with E-state index in [-0.39, 0.29) is 0 Å². The molecule has 0 saturated carbocycles. The highest BCUT2D eigenvalue weighted by molar-refractivity contribution is 7.20. The van der Waals surface area contributed by atoms with Gasteiger partial charge in [0.25, 0.3) is 0 Å². The predicted molar refractivity (Wildman–Crippen MR) is 93.3 cm³/mol. The van der Waals surface area contributed by atoms with Crippen molar-refractivity contribution in [2.45, 2.75) is 40.4 Å². The van der Waals surface area contributed by atoms with Gasteiger partial charge in [-0.25, -0.2) is 4.98 Å². The van der Waals surface area contributed by atoms with E-state index in [4.69, 9.17) is 4.98 Å². The van der Waals surface area contributed by atoms with E-state index in [1.165, 1.54) is 16.1 Å². The highest BCUT2D eigenvalue weighted by atomic mass is 32.1. The predicted octanol–water partition coefficient (Wildman–Crippen LogP) is 3.99. The summed E-state index contributed by atoms with van der Waals surface area (Å²) in [5, 5.41) is 13.4. The highest BCUT2D eigenvalue weighted by Gasteiger charge is 2.10. The lowest BCUT2D eigenvalue weighted by Crippen LogP contribution is -2.14. The lowest BCUT2D eigenvalue weighted by atomic mass is 10.2. The van der Waals surface area contributed by atoms with Gasteiger partial charge in [0.15, 0.2) is 0 Å². The van der Waals surface area contributed by atoms with Crippen LogP contribution in [0.2, 0.25) is 0 Å². The number of hydrogen-bond acceptors (Lipinski definition) is 5. The van der Waals surface area contributed by atoms with Gasteiger partial charge in [0, 0.05) is 36.3 Å². The fourth-order valence-corrected chi connectivity index (χ4v) is 4.15. The maximum Gasteiger partial charge on any atom is 0.133 e. The van der Waals surface area contributed by atoms with Crippen molar-refractivity contribution >= 4 is 22.7 Å². The molecule has 3 aromatic rings. The van der Waals surface area contributed by atoms with Gasteiger partial charge >= 0.3 is 0 Å². The number of aromatic nitrogens is 3. The highest BCUT2D eigenvalue weighted by Crippen LogP contribution is 2.27. The van der Waals surface area contributed by atoms with Crippen LogP contribution in [0.5, 0.6) is 0 Å². The fraction of sp³-hybridized carbons (Fsp3) is 0.375. The number of nitrogens with zero attached hydrogens (tertiary/aromatic N) is 3. The molecule has 0 spiro atoms. The van der Waals surface area contributed by atoms with Crippen LogP contribution in [0.4, 0.5) is 0 Å². The van der Waals surface area contributed by atoms with Crippen molar-refractivity contribution in [3.63, 3.8) is 0 Å². The topological polar surface area (TPSA) is 42.7 Å². The van der Waals surface area contributed by atoms with E-state index in [2.05, 4.69) is 58.8 Å². The van der Waals surface area contributed by atoms with Crippen LogP contribution in [0.1, 0.15) is 29.6 Å². The van der Waals surface area contributed by atoms with Gasteiger partial charge in [-0.05, 0) is 32.2 Å². The van der Waals surface area contributed by atoms with Crippen LogP contribution in [0.15, 0.2) is 22.9 Å². The standard InChI is InChI=1S/C16H20N4S2/c1-4-20-12(3)14(11(2)19-20)9-17-8-13-10-22-16(18-13)15-6-5-7-21-15/h5-7,10,17H,4,8-9H2,1-3H3. The maximum atomic E-state index is 4.70. The third-order valence-corrected chi connectivity index (χ3v) is 5.65. The SMILES string of the molecule is CCn1nc(C)c(CNCc2csc(-c3cccs3)n2)c1C. The van der Waals surface area contributed by atoms with Crippen LogP contribution >= 0.6 is 22.7 Å². The summed E-state index contributed by atoms with van der Waals surface area (Å²) in [6, 6.07) is 4.18. The molecule has 6 heteroatoms. The molecule has 0 bridgehead atoms. The normalized spacial score (nSPS) is 11.2. The minimum absolute atomic E-state index is 0.790. The van der Waals surface area contributed by atoms with Gasteiger partial charge in [-0.3, -0.25) is 4.68 Å². The second kappa shape index (κ2) is 6.73. The Balaban J connectivity index is 1.61. The Morgan fingerprint density at radius 2 is 2.09 bits per heavy atom. The summed E-state index contributed by atoms with van der Waals surface area (Å²) in [6.45, 7) is 8.88. The number of thiophene rings is 1. The molecule has 0 aliphatic rings. The van der Waals surface area contributed by atoms with Crippen molar-refractivity contribution in [1.82, 2.24) is 20.1 Å². The Bertz CT molecular complexity index is 740. The van der Waals surface area contributed by atoms with Gasteiger partial charge in [-0.2, -0.15) is 5.10 Å². The van der Waals surface area contributed by atoms with Gasteiger partial charge in [0.1, 0.15) is 5.01 Å². The molecule has 0 fully saturated rings. The van der Waals surface area contributed by atoms with Gasteiger partial charge in [0.05, 0.1) is 16.3 Å². The molecule has 0 atom stereocenters. The summed E-state index contributed by atoms with van der Waals surface area (Å²) < 4.78 is 2.06. The van der Waals surface area contributed by atoms with E-state index in [9.17, 15) is 0 Å². The minimum atomic E-state index is 0.790. The second-order valence-corrected chi connectivity index (χ2v) is 7.00. The van der Waals surface area contributed by atoms with Crippen molar-refractivity contribution in [3.8, 4) is 9.88 Å². The summed E-state index contributed by atoms with van der Waals surface area (Å²) in [6.07, 6.45) is 0. The largest absolute Gasteiger partial charge is 0.307 e. The first-order chi connectivity index (χ1) is 10.7. The van der Waals surface area contributed by atoms with Gasteiger partial charge < -0.3 is 5.32 Å². The molecule has 3 aromatic heterocycles. The molecule has 0 radical (unpaired) electrons. The second-order valence-electron chi connectivity index (χ2n) is 5.19. The van der Waals surface area contributed by atoms with Crippen molar-refractivity contribution in [3.05, 3.63) is 45.5 Å². The van der Waals surface area contributed by atoms with Crippen LogP contribution in [0.25, 0.3) is 9.88 Å². The molecular formula is C16H20N4S2. The molecule has 0 aliphatic carbocycles. The Morgan fingerprint density at radius 3 is 2.77 bits per heavy atom. The van der Waals surface area contributed by atoms with E-state index in [0.717, 1.165) is 36.0 Å². The zero-order valence-electron chi connectivity index (χ0n) is 13.1. The van der Waals surface area contributed by atoms with Crippen molar-refractivity contribution in [2.24, 2.45) is 0 Å². The molecule has 0 amide bonds. The van der Waals surface area contributed by atoms with E-state index < -0.39 is 0 Å². The lowest BCUT2D eigenvalue weighted by Gasteiger charge is -2.04. The molecule has 0 aromatic carbocycles. The Hall–Kier alpha value is -1.50. The first-order valence-electron chi connectivity index (χ1n) is 7.41. The molecule has 4 nitrogen and oxygen atoms in total. The monoisotopic (exact) mass is 332 g/mol. The Labute approximate surface area is 138 Å². The summed E-state index contributed by atoms with van der Waals surface area (Å²) in [4.78, 5) is 5.94. The molecule has 3 heterocycles. The van der Waals surface area contributed by atoms with Crippen molar-refractivity contribution in [2.75, 3.05) is 0 Å².